The summed E-state index contributed by atoms with van der Waals surface area (Å²) in [5.41, 5.74) is 0.839. The number of hydrogen-bond acceptors (Lipinski definition) is 10. The first-order chi connectivity index (χ1) is 16.6. The Labute approximate surface area is 204 Å². The lowest BCUT2D eigenvalue weighted by Crippen LogP contribution is -2.48. The highest BCUT2D eigenvalue weighted by molar-refractivity contribution is 7.13. The molecule has 0 radical (unpaired) electrons. The Hall–Kier alpha value is -3.06. The SMILES string of the molecule is CCOC(=O)C1=C(CN(CCOC)Cc2nnc(-c3cccs3)o2)NC(=O)NC1c1cccs1. The number of carbonyl (C=O) groups excluding carboxylic acids is 2. The van der Waals surface area contributed by atoms with Crippen LogP contribution in [0.4, 0.5) is 4.79 Å². The molecular weight excluding hydrogens is 478 g/mol. The summed E-state index contributed by atoms with van der Waals surface area (Å²) < 4.78 is 16.4. The lowest BCUT2D eigenvalue weighted by atomic mass is 10.0. The first kappa shape index (κ1) is 24.1. The van der Waals surface area contributed by atoms with E-state index in [-0.39, 0.29) is 19.2 Å². The summed E-state index contributed by atoms with van der Waals surface area (Å²) in [6.07, 6.45) is 0. The van der Waals surface area contributed by atoms with Crippen LogP contribution in [0, 0.1) is 0 Å². The molecular formula is C22H25N5O5S2. The molecule has 1 atom stereocenters. The molecule has 12 heteroatoms. The zero-order valence-electron chi connectivity index (χ0n) is 18.8. The third-order valence-electron chi connectivity index (χ3n) is 5.03. The second-order valence-corrected chi connectivity index (χ2v) is 9.27. The fraction of sp³-hybridized carbons (Fsp3) is 0.364. The third kappa shape index (κ3) is 5.70. The van der Waals surface area contributed by atoms with Gasteiger partial charge in [0.05, 0.1) is 36.3 Å². The molecule has 4 heterocycles. The molecule has 180 valence electrons. The molecule has 10 nitrogen and oxygen atoms in total. The van der Waals surface area contributed by atoms with Crippen LogP contribution in [-0.4, -0.2) is 60.5 Å². The van der Waals surface area contributed by atoms with Gasteiger partial charge in [0.25, 0.3) is 5.89 Å². The Morgan fingerprint density at radius 3 is 2.74 bits per heavy atom. The van der Waals surface area contributed by atoms with Gasteiger partial charge in [0.15, 0.2) is 0 Å². The van der Waals surface area contributed by atoms with E-state index in [9.17, 15) is 9.59 Å². The minimum absolute atomic E-state index is 0.224. The number of hydrogen-bond donors (Lipinski definition) is 2. The standard InChI is InChI=1S/C22H25N5O5S2/c1-3-31-21(28)18-14(23-22(29)24-19(18)15-6-4-10-33-15)12-27(8-9-30-2)13-17-25-26-20(32-17)16-7-5-11-34-16/h4-7,10-11,19H,3,8-9,12-13H2,1-2H3,(H2,23,24,29). The van der Waals surface area contributed by atoms with Crippen LogP contribution in [0.3, 0.4) is 0 Å². The summed E-state index contributed by atoms with van der Waals surface area (Å²) in [6.45, 7) is 3.49. The molecule has 3 aromatic rings. The first-order valence-electron chi connectivity index (χ1n) is 10.7. The summed E-state index contributed by atoms with van der Waals surface area (Å²) in [6, 6.07) is 6.61. The molecule has 0 saturated carbocycles. The normalized spacial score (nSPS) is 16.0. The third-order valence-corrected chi connectivity index (χ3v) is 6.82. The van der Waals surface area contributed by atoms with Crippen LogP contribution in [0.1, 0.15) is 23.7 Å². The van der Waals surface area contributed by atoms with E-state index in [0.29, 0.717) is 42.7 Å². The second-order valence-electron chi connectivity index (χ2n) is 7.34. The summed E-state index contributed by atoms with van der Waals surface area (Å²) in [4.78, 5) is 29.2. The van der Waals surface area contributed by atoms with Crippen LogP contribution >= 0.6 is 22.7 Å². The second kappa shape index (κ2) is 11.4. The highest BCUT2D eigenvalue weighted by atomic mass is 32.1. The summed E-state index contributed by atoms with van der Waals surface area (Å²) in [5, 5.41) is 17.8. The van der Waals surface area contributed by atoms with Crippen LogP contribution in [0.25, 0.3) is 10.8 Å². The van der Waals surface area contributed by atoms with E-state index < -0.39 is 12.0 Å². The van der Waals surface area contributed by atoms with E-state index in [1.807, 2.05) is 39.9 Å². The summed E-state index contributed by atoms with van der Waals surface area (Å²) >= 11 is 2.97. The number of urea groups is 1. The number of thiophene rings is 2. The molecule has 1 aliphatic rings. The van der Waals surface area contributed by atoms with Gasteiger partial charge in [0, 0.05) is 30.8 Å². The monoisotopic (exact) mass is 503 g/mol. The smallest absolute Gasteiger partial charge is 0.338 e. The molecule has 1 aliphatic heterocycles. The van der Waals surface area contributed by atoms with Crippen molar-refractivity contribution in [2.45, 2.75) is 19.5 Å². The van der Waals surface area contributed by atoms with E-state index in [4.69, 9.17) is 13.9 Å². The summed E-state index contributed by atoms with van der Waals surface area (Å²) in [7, 11) is 1.61. The van der Waals surface area contributed by atoms with Gasteiger partial charge in [-0.1, -0.05) is 12.1 Å². The quantitative estimate of drug-likeness (QED) is 0.383. The van der Waals surface area contributed by atoms with Crippen molar-refractivity contribution in [3.05, 3.63) is 57.1 Å². The molecule has 1 unspecified atom stereocenters. The molecule has 0 bridgehead atoms. The van der Waals surface area contributed by atoms with Gasteiger partial charge in [-0.25, -0.2) is 9.59 Å². The molecule has 34 heavy (non-hydrogen) atoms. The van der Waals surface area contributed by atoms with Gasteiger partial charge in [0.2, 0.25) is 5.89 Å². The van der Waals surface area contributed by atoms with Gasteiger partial charge in [0.1, 0.15) is 0 Å². The van der Waals surface area contributed by atoms with Crippen LogP contribution < -0.4 is 10.6 Å². The van der Waals surface area contributed by atoms with Crippen molar-refractivity contribution < 1.29 is 23.5 Å². The minimum Gasteiger partial charge on any atom is -0.463 e. The maximum atomic E-state index is 13.0. The van der Waals surface area contributed by atoms with Crippen LogP contribution in [0.15, 0.2) is 50.7 Å². The van der Waals surface area contributed by atoms with Crippen molar-refractivity contribution in [1.82, 2.24) is 25.7 Å². The number of esters is 1. The zero-order chi connectivity index (χ0) is 23.9. The maximum absolute atomic E-state index is 13.0. The van der Waals surface area contributed by atoms with Gasteiger partial charge in [-0.05, 0) is 29.8 Å². The van der Waals surface area contributed by atoms with E-state index in [1.54, 1.807) is 14.0 Å². The molecule has 0 fully saturated rings. The van der Waals surface area contributed by atoms with Crippen LogP contribution in [-0.2, 0) is 20.8 Å². The predicted molar refractivity (Wildman–Crippen MR) is 127 cm³/mol. The highest BCUT2D eigenvalue weighted by Gasteiger charge is 2.35. The minimum atomic E-state index is -0.596. The average Bonchev–Trinajstić information content (AvgIpc) is 3.60. The number of methoxy groups -OCH3 is 1. The molecule has 0 aromatic carbocycles. The number of nitrogens with zero attached hydrogens (tertiary/aromatic N) is 3. The van der Waals surface area contributed by atoms with Crippen LogP contribution in [0.2, 0.25) is 0 Å². The number of nitrogens with one attached hydrogen (secondary N) is 2. The van der Waals surface area contributed by atoms with E-state index in [1.165, 1.54) is 22.7 Å². The van der Waals surface area contributed by atoms with E-state index in [2.05, 4.69) is 20.8 Å². The molecule has 3 aromatic heterocycles. The van der Waals surface area contributed by atoms with E-state index in [0.717, 1.165) is 9.75 Å². The Morgan fingerprint density at radius 1 is 1.21 bits per heavy atom. The summed E-state index contributed by atoms with van der Waals surface area (Å²) in [5.74, 6) is 0.400. The number of carbonyl (C=O) groups is 2. The molecule has 2 N–H and O–H groups in total. The Kier molecular flexibility index (Phi) is 8.06. The predicted octanol–water partition coefficient (Wildman–Crippen LogP) is 3.18. The lowest BCUT2D eigenvalue weighted by molar-refractivity contribution is -0.139. The Bertz CT molecular complexity index is 1130. The largest absolute Gasteiger partial charge is 0.463 e. The molecule has 2 amide bonds. The first-order valence-corrected chi connectivity index (χ1v) is 12.4. The average molecular weight is 504 g/mol. The van der Waals surface area contributed by atoms with Crippen molar-refractivity contribution in [1.29, 1.82) is 0 Å². The molecule has 4 rings (SSSR count). The van der Waals surface area contributed by atoms with E-state index >= 15 is 0 Å². The van der Waals surface area contributed by atoms with Crippen molar-refractivity contribution in [3.63, 3.8) is 0 Å². The number of aromatic nitrogens is 2. The Morgan fingerprint density at radius 2 is 2.03 bits per heavy atom. The topological polar surface area (TPSA) is 119 Å². The fourth-order valence-corrected chi connectivity index (χ4v) is 4.96. The van der Waals surface area contributed by atoms with Crippen molar-refractivity contribution in [3.8, 4) is 10.8 Å². The molecule has 0 spiro atoms. The molecule has 0 aliphatic carbocycles. The van der Waals surface area contributed by atoms with Gasteiger partial charge in [-0.15, -0.1) is 32.9 Å². The zero-order valence-corrected chi connectivity index (χ0v) is 20.4. The van der Waals surface area contributed by atoms with Gasteiger partial charge in [-0.2, -0.15) is 0 Å². The maximum Gasteiger partial charge on any atom is 0.338 e. The Balaban J connectivity index is 1.62. The van der Waals surface area contributed by atoms with Crippen molar-refractivity contribution >= 4 is 34.7 Å². The fourth-order valence-electron chi connectivity index (χ4n) is 3.53. The highest BCUT2D eigenvalue weighted by Crippen LogP contribution is 2.31. The molecule has 0 saturated heterocycles. The van der Waals surface area contributed by atoms with Crippen LogP contribution in [0.5, 0.6) is 0 Å². The van der Waals surface area contributed by atoms with Gasteiger partial charge < -0.3 is 24.5 Å². The van der Waals surface area contributed by atoms with Gasteiger partial charge >= 0.3 is 12.0 Å². The van der Waals surface area contributed by atoms with Crippen molar-refractivity contribution in [2.24, 2.45) is 0 Å². The van der Waals surface area contributed by atoms with Gasteiger partial charge in [-0.3, -0.25) is 4.90 Å². The number of amides is 2. The lowest BCUT2D eigenvalue weighted by Gasteiger charge is -2.31. The number of rotatable bonds is 11. The van der Waals surface area contributed by atoms with Crippen molar-refractivity contribution in [2.75, 3.05) is 33.4 Å². The number of ether oxygens (including phenoxy) is 2.